The number of aromatic nitrogens is 2. The molecule has 0 atom stereocenters. The van der Waals surface area contributed by atoms with Crippen molar-refractivity contribution in [2.45, 2.75) is 13.5 Å². The van der Waals surface area contributed by atoms with Gasteiger partial charge in [0, 0.05) is 18.6 Å². The quantitative estimate of drug-likeness (QED) is 0.657. The van der Waals surface area contributed by atoms with Crippen molar-refractivity contribution in [1.29, 1.82) is 0 Å². The Morgan fingerprint density at radius 3 is 2.59 bits per heavy atom. The molecule has 140 valence electrons. The Labute approximate surface area is 161 Å². The molecule has 0 radical (unpaired) electrons. The molecule has 1 amide bonds. The minimum atomic E-state index is -0.456. The zero-order valence-electron chi connectivity index (χ0n) is 15.2. The predicted molar refractivity (Wildman–Crippen MR) is 102 cm³/mol. The molecule has 0 bridgehead atoms. The third kappa shape index (κ3) is 3.95. The summed E-state index contributed by atoms with van der Waals surface area (Å²) in [5, 5.41) is 4.94. The van der Waals surface area contributed by atoms with Crippen molar-refractivity contribution >= 4 is 17.5 Å². The highest BCUT2D eigenvalue weighted by Crippen LogP contribution is 2.21. The lowest BCUT2D eigenvalue weighted by molar-refractivity contribution is 0.0784. The van der Waals surface area contributed by atoms with Gasteiger partial charge in [0.2, 0.25) is 0 Å². The number of methoxy groups -OCH3 is 1. The first kappa shape index (κ1) is 18.9. The summed E-state index contributed by atoms with van der Waals surface area (Å²) in [6.45, 7) is 2.10. The molecule has 0 aliphatic rings. The van der Waals surface area contributed by atoms with Crippen molar-refractivity contribution in [3.05, 3.63) is 76.3 Å². The number of benzene rings is 2. The molecule has 2 aromatic carbocycles. The van der Waals surface area contributed by atoms with Crippen molar-refractivity contribution in [1.82, 2.24) is 14.7 Å². The third-order valence-corrected chi connectivity index (χ3v) is 4.55. The van der Waals surface area contributed by atoms with E-state index in [4.69, 9.17) is 16.3 Å². The molecular formula is C20H19ClFN3O2. The fourth-order valence-corrected chi connectivity index (χ4v) is 2.95. The van der Waals surface area contributed by atoms with E-state index in [-0.39, 0.29) is 18.2 Å². The van der Waals surface area contributed by atoms with Crippen molar-refractivity contribution in [2.75, 3.05) is 14.2 Å². The molecule has 0 unspecified atom stereocenters. The number of rotatable bonds is 5. The number of ether oxygens (including phenoxy) is 1. The molecule has 7 heteroatoms. The zero-order valence-corrected chi connectivity index (χ0v) is 16.0. The van der Waals surface area contributed by atoms with Gasteiger partial charge in [-0.15, -0.1) is 0 Å². The van der Waals surface area contributed by atoms with Crippen LogP contribution >= 0.6 is 11.6 Å². The van der Waals surface area contributed by atoms with E-state index in [1.165, 1.54) is 24.3 Å². The lowest BCUT2D eigenvalue weighted by Gasteiger charge is -2.17. The number of nitrogens with zero attached hydrogens (tertiary/aromatic N) is 3. The van der Waals surface area contributed by atoms with Gasteiger partial charge in [0.15, 0.2) is 11.6 Å². The summed E-state index contributed by atoms with van der Waals surface area (Å²) < 4.78 is 20.5. The highest BCUT2D eigenvalue weighted by atomic mass is 35.5. The van der Waals surface area contributed by atoms with Crippen LogP contribution in [0.3, 0.4) is 0 Å². The third-order valence-electron chi connectivity index (χ3n) is 4.29. The molecule has 0 aliphatic carbocycles. The highest BCUT2D eigenvalue weighted by molar-refractivity contribution is 6.30. The van der Waals surface area contributed by atoms with E-state index >= 15 is 0 Å². The van der Waals surface area contributed by atoms with Crippen molar-refractivity contribution < 1.29 is 13.9 Å². The largest absolute Gasteiger partial charge is 0.494 e. The molecule has 0 aliphatic heterocycles. The minimum Gasteiger partial charge on any atom is -0.494 e. The number of carbonyl (C=O) groups is 1. The van der Waals surface area contributed by atoms with Gasteiger partial charge < -0.3 is 9.64 Å². The molecule has 5 nitrogen and oxygen atoms in total. The first-order chi connectivity index (χ1) is 12.9. The summed E-state index contributed by atoms with van der Waals surface area (Å²) >= 11 is 5.92. The number of carbonyl (C=O) groups excluding carboxylic acids is 1. The Bertz CT molecular complexity index is 970. The zero-order chi connectivity index (χ0) is 19.6. The van der Waals surface area contributed by atoms with Gasteiger partial charge in [0.05, 0.1) is 30.3 Å². The van der Waals surface area contributed by atoms with Crippen LogP contribution in [-0.4, -0.2) is 34.7 Å². The summed E-state index contributed by atoms with van der Waals surface area (Å²) in [4.78, 5) is 14.3. The van der Waals surface area contributed by atoms with E-state index < -0.39 is 5.82 Å². The van der Waals surface area contributed by atoms with Crippen LogP contribution in [0.2, 0.25) is 5.02 Å². The van der Waals surface area contributed by atoms with E-state index in [0.717, 1.165) is 11.4 Å². The maximum absolute atomic E-state index is 13.9. The molecule has 3 rings (SSSR count). The van der Waals surface area contributed by atoms with Gasteiger partial charge in [0.25, 0.3) is 5.91 Å². The van der Waals surface area contributed by atoms with Crippen LogP contribution < -0.4 is 4.74 Å². The monoisotopic (exact) mass is 387 g/mol. The van der Waals surface area contributed by atoms with E-state index in [0.29, 0.717) is 16.1 Å². The summed E-state index contributed by atoms with van der Waals surface area (Å²) in [7, 11) is 3.08. The maximum Gasteiger partial charge on any atom is 0.257 e. The summed E-state index contributed by atoms with van der Waals surface area (Å²) in [5.41, 5.74) is 2.69. The second-order valence-electron chi connectivity index (χ2n) is 6.16. The summed E-state index contributed by atoms with van der Waals surface area (Å²) in [5.74, 6) is -0.473. The fourth-order valence-electron chi connectivity index (χ4n) is 2.82. The molecule has 0 spiro atoms. The van der Waals surface area contributed by atoms with Gasteiger partial charge in [-0.2, -0.15) is 5.10 Å². The molecule has 0 saturated carbocycles. The van der Waals surface area contributed by atoms with Crippen LogP contribution in [-0.2, 0) is 6.54 Å². The Morgan fingerprint density at radius 1 is 1.26 bits per heavy atom. The molecule has 3 aromatic rings. The van der Waals surface area contributed by atoms with Crippen LogP contribution in [0.15, 0.2) is 48.7 Å². The second-order valence-corrected chi connectivity index (χ2v) is 6.60. The smallest absolute Gasteiger partial charge is 0.257 e. The van der Waals surface area contributed by atoms with Crippen molar-refractivity contribution in [3.8, 4) is 11.4 Å². The topological polar surface area (TPSA) is 47.4 Å². The lowest BCUT2D eigenvalue weighted by Crippen LogP contribution is -2.26. The molecule has 0 fully saturated rings. The SMILES string of the molecule is COc1ccc(CN(C)C(=O)c2cnn(-c3ccc(Cl)cc3)c2C)cc1F. The molecule has 27 heavy (non-hydrogen) atoms. The molecule has 0 saturated heterocycles. The molecular weight excluding hydrogens is 369 g/mol. The van der Waals surface area contributed by atoms with Crippen LogP contribution in [0.1, 0.15) is 21.6 Å². The van der Waals surface area contributed by atoms with E-state index in [1.54, 1.807) is 36.0 Å². The van der Waals surface area contributed by atoms with Crippen LogP contribution in [0.25, 0.3) is 5.69 Å². The number of amides is 1. The van der Waals surface area contributed by atoms with E-state index in [2.05, 4.69) is 5.10 Å². The predicted octanol–water partition coefficient (Wildman–Crippen LogP) is 4.25. The summed E-state index contributed by atoms with van der Waals surface area (Å²) in [6, 6.07) is 11.9. The minimum absolute atomic E-state index is 0.174. The first-order valence-electron chi connectivity index (χ1n) is 8.29. The van der Waals surface area contributed by atoms with Crippen molar-refractivity contribution in [2.24, 2.45) is 0 Å². The molecule has 1 aromatic heterocycles. The Morgan fingerprint density at radius 2 is 1.96 bits per heavy atom. The van der Waals surface area contributed by atoms with Crippen molar-refractivity contribution in [3.63, 3.8) is 0 Å². The normalized spacial score (nSPS) is 10.7. The van der Waals surface area contributed by atoms with Gasteiger partial charge in [-0.05, 0) is 48.9 Å². The Kier molecular flexibility index (Phi) is 5.46. The van der Waals surface area contributed by atoms with E-state index in [9.17, 15) is 9.18 Å². The van der Waals surface area contributed by atoms with Crippen LogP contribution in [0.4, 0.5) is 4.39 Å². The molecule has 0 N–H and O–H groups in total. The van der Waals surface area contributed by atoms with Gasteiger partial charge in [0.1, 0.15) is 0 Å². The second kappa shape index (κ2) is 7.80. The number of hydrogen-bond donors (Lipinski definition) is 0. The highest BCUT2D eigenvalue weighted by Gasteiger charge is 2.19. The summed E-state index contributed by atoms with van der Waals surface area (Å²) in [6.07, 6.45) is 1.54. The van der Waals surface area contributed by atoms with E-state index in [1.807, 2.05) is 19.1 Å². The first-order valence-corrected chi connectivity index (χ1v) is 8.67. The number of hydrogen-bond acceptors (Lipinski definition) is 3. The Hall–Kier alpha value is -2.86. The van der Waals surface area contributed by atoms with Crippen LogP contribution in [0.5, 0.6) is 5.75 Å². The average Bonchev–Trinajstić information content (AvgIpc) is 3.03. The van der Waals surface area contributed by atoms with Crippen LogP contribution in [0, 0.1) is 12.7 Å². The molecule has 1 heterocycles. The Balaban J connectivity index is 1.79. The standard InChI is InChI=1S/C20H19ClFN3O2/c1-13-17(11-23-25(13)16-7-5-15(21)6-8-16)20(26)24(2)12-14-4-9-19(27-3)18(22)10-14/h4-11H,12H2,1-3H3. The lowest BCUT2D eigenvalue weighted by atomic mass is 10.1. The average molecular weight is 388 g/mol. The maximum atomic E-state index is 13.9. The van der Waals surface area contributed by atoms with Gasteiger partial charge in [-0.3, -0.25) is 4.79 Å². The van der Waals surface area contributed by atoms with Gasteiger partial charge >= 0.3 is 0 Å². The van der Waals surface area contributed by atoms with Gasteiger partial charge in [-0.1, -0.05) is 17.7 Å². The number of halogens is 2. The fraction of sp³-hybridized carbons (Fsp3) is 0.200. The van der Waals surface area contributed by atoms with Gasteiger partial charge in [-0.25, -0.2) is 9.07 Å².